The van der Waals surface area contributed by atoms with Gasteiger partial charge >= 0.3 is 0 Å². The van der Waals surface area contributed by atoms with Gasteiger partial charge in [-0.05, 0) is 45.9 Å². The van der Waals surface area contributed by atoms with E-state index in [0.29, 0.717) is 0 Å². The van der Waals surface area contributed by atoms with E-state index in [2.05, 4.69) is 24.3 Å². The summed E-state index contributed by atoms with van der Waals surface area (Å²) < 4.78 is 5.59. The summed E-state index contributed by atoms with van der Waals surface area (Å²) in [4.78, 5) is 2.22. The summed E-state index contributed by atoms with van der Waals surface area (Å²) in [7, 11) is 4.23. The molecule has 1 aliphatic carbocycles. The van der Waals surface area contributed by atoms with Crippen molar-refractivity contribution in [1.82, 2.24) is 10.2 Å². The molecule has 16 heavy (non-hydrogen) atoms. The van der Waals surface area contributed by atoms with Gasteiger partial charge in [0, 0.05) is 13.2 Å². The fourth-order valence-electron chi connectivity index (χ4n) is 1.92. The molecule has 0 aromatic carbocycles. The molecule has 0 atom stereocenters. The van der Waals surface area contributed by atoms with Gasteiger partial charge in [-0.3, -0.25) is 0 Å². The first kappa shape index (κ1) is 13.9. The molecule has 0 bridgehead atoms. The molecule has 1 aliphatic rings. The van der Waals surface area contributed by atoms with E-state index < -0.39 is 0 Å². The third-order valence-electron chi connectivity index (χ3n) is 3.28. The average molecular weight is 228 g/mol. The van der Waals surface area contributed by atoms with Crippen LogP contribution in [-0.2, 0) is 4.74 Å². The molecule has 3 heteroatoms. The van der Waals surface area contributed by atoms with Gasteiger partial charge in [0.05, 0.1) is 6.61 Å². The largest absolute Gasteiger partial charge is 0.380 e. The molecule has 1 rings (SSSR count). The van der Waals surface area contributed by atoms with Crippen LogP contribution < -0.4 is 5.32 Å². The van der Waals surface area contributed by atoms with Gasteiger partial charge in [-0.15, -0.1) is 0 Å². The van der Waals surface area contributed by atoms with Gasteiger partial charge in [-0.25, -0.2) is 0 Å². The maximum absolute atomic E-state index is 5.59. The van der Waals surface area contributed by atoms with E-state index >= 15 is 0 Å². The lowest BCUT2D eigenvalue weighted by atomic mass is 9.83. The lowest BCUT2D eigenvalue weighted by Gasteiger charge is -2.24. The molecular formula is C13H28N2O. The van der Waals surface area contributed by atoms with Crippen molar-refractivity contribution < 1.29 is 4.74 Å². The quantitative estimate of drug-likeness (QED) is 0.576. The van der Waals surface area contributed by atoms with E-state index in [1.807, 2.05) is 0 Å². The SMILES string of the molecule is CN(C)CCCNCCOCCC1CCC1. The average Bonchev–Trinajstić information content (AvgIpc) is 2.17. The highest BCUT2D eigenvalue weighted by molar-refractivity contribution is 4.68. The van der Waals surface area contributed by atoms with E-state index in [9.17, 15) is 0 Å². The Morgan fingerprint density at radius 3 is 2.62 bits per heavy atom. The molecule has 1 N–H and O–H groups in total. The molecule has 0 amide bonds. The number of nitrogens with one attached hydrogen (secondary N) is 1. The summed E-state index contributed by atoms with van der Waals surface area (Å²) in [6, 6.07) is 0. The van der Waals surface area contributed by atoms with Gasteiger partial charge in [0.15, 0.2) is 0 Å². The van der Waals surface area contributed by atoms with Crippen LogP contribution in [0.3, 0.4) is 0 Å². The number of hydrogen-bond donors (Lipinski definition) is 1. The smallest absolute Gasteiger partial charge is 0.0590 e. The molecule has 1 fully saturated rings. The minimum atomic E-state index is 0.870. The second-order valence-corrected chi connectivity index (χ2v) is 5.10. The fourth-order valence-corrected chi connectivity index (χ4v) is 1.92. The van der Waals surface area contributed by atoms with Gasteiger partial charge in [-0.1, -0.05) is 19.3 Å². The van der Waals surface area contributed by atoms with Crippen LogP contribution in [0.1, 0.15) is 32.1 Å². The van der Waals surface area contributed by atoms with Crippen molar-refractivity contribution in [2.45, 2.75) is 32.1 Å². The minimum absolute atomic E-state index is 0.870. The maximum atomic E-state index is 5.59. The zero-order chi connectivity index (χ0) is 11.6. The molecule has 0 aliphatic heterocycles. The Balaban J connectivity index is 1.68. The van der Waals surface area contributed by atoms with Gasteiger partial charge in [0.25, 0.3) is 0 Å². The topological polar surface area (TPSA) is 24.5 Å². The lowest BCUT2D eigenvalue weighted by molar-refractivity contribution is 0.108. The lowest BCUT2D eigenvalue weighted by Crippen LogP contribution is -2.24. The van der Waals surface area contributed by atoms with Crippen molar-refractivity contribution in [3.63, 3.8) is 0 Å². The van der Waals surface area contributed by atoms with Crippen LogP contribution in [0.25, 0.3) is 0 Å². The van der Waals surface area contributed by atoms with Gasteiger partial charge in [0.1, 0.15) is 0 Å². The normalized spacial score (nSPS) is 16.7. The van der Waals surface area contributed by atoms with Gasteiger partial charge < -0.3 is 15.0 Å². The molecule has 0 heterocycles. The van der Waals surface area contributed by atoms with Crippen LogP contribution in [0.5, 0.6) is 0 Å². The van der Waals surface area contributed by atoms with E-state index in [1.54, 1.807) is 0 Å². The van der Waals surface area contributed by atoms with Crippen molar-refractivity contribution in [2.24, 2.45) is 5.92 Å². The molecule has 0 spiro atoms. The van der Waals surface area contributed by atoms with E-state index in [4.69, 9.17) is 4.74 Å². The fraction of sp³-hybridized carbons (Fsp3) is 1.00. The predicted molar refractivity (Wildman–Crippen MR) is 68.8 cm³/mol. The highest BCUT2D eigenvalue weighted by atomic mass is 16.5. The molecule has 0 radical (unpaired) electrons. The summed E-state index contributed by atoms with van der Waals surface area (Å²) >= 11 is 0. The van der Waals surface area contributed by atoms with Crippen LogP contribution in [-0.4, -0.2) is 51.8 Å². The van der Waals surface area contributed by atoms with Crippen molar-refractivity contribution in [2.75, 3.05) is 46.9 Å². The molecular weight excluding hydrogens is 200 g/mol. The van der Waals surface area contributed by atoms with Crippen LogP contribution >= 0.6 is 0 Å². The van der Waals surface area contributed by atoms with Crippen LogP contribution in [0, 0.1) is 5.92 Å². The van der Waals surface area contributed by atoms with Crippen molar-refractivity contribution >= 4 is 0 Å². The van der Waals surface area contributed by atoms with Crippen LogP contribution in [0.2, 0.25) is 0 Å². The summed E-state index contributed by atoms with van der Waals surface area (Å²) in [6.45, 7) is 5.09. The highest BCUT2D eigenvalue weighted by Crippen LogP contribution is 2.28. The van der Waals surface area contributed by atoms with Crippen LogP contribution in [0.4, 0.5) is 0 Å². The minimum Gasteiger partial charge on any atom is -0.380 e. The Kier molecular flexibility index (Phi) is 7.81. The summed E-state index contributed by atoms with van der Waals surface area (Å²) in [5.41, 5.74) is 0. The number of ether oxygens (including phenoxy) is 1. The third kappa shape index (κ3) is 7.20. The molecule has 0 aromatic heterocycles. The molecule has 96 valence electrons. The third-order valence-corrected chi connectivity index (χ3v) is 3.28. The molecule has 1 saturated carbocycles. The first-order valence-electron chi connectivity index (χ1n) is 6.72. The van der Waals surface area contributed by atoms with E-state index in [0.717, 1.165) is 38.8 Å². The Morgan fingerprint density at radius 2 is 2.00 bits per heavy atom. The molecule has 0 unspecified atom stereocenters. The van der Waals surface area contributed by atoms with Crippen molar-refractivity contribution in [3.8, 4) is 0 Å². The number of rotatable bonds is 10. The summed E-state index contributed by atoms with van der Waals surface area (Å²) in [6.07, 6.45) is 6.81. The van der Waals surface area contributed by atoms with E-state index in [1.165, 1.54) is 32.1 Å². The first-order chi connectivity index (χ1) is 7.79. The number of hydrogen-bond acceptors (Lipinski definition) is 3. The number of nitrogens with zero attached hydrogens (tertiary/aromatic N) is 1. The summed E-state index contributed by atoms with van der Waals surface area (Å²) in [5, 5.41) is 3.41. The predicted octanol–water partition coefficient (Wildman–Crippen LogP) is 1.73. The Morgan fingerprint density at radius 1 is 1.19 bits per heavy atom. The standard InChI is InChI=1S/C13H28N2O/c1-15(2)10-4-8-14-9-12-16-11-7-13-5-3-6-13/h13-14H,3-12H2,1-2H3. The van der Waals surface area contributed by atoms with Crippen LogP contribution in [0.15, 0.2) is 0 Å². The first-order valence-corrected chi connectivity index (χ1v) is 6.72. The Bertz CT molecular complexity index is 158. The van der Waals surface area contributed by atoms with Crippen molar-refractivity contribution in [3.05, 3.63) is 0 Å². The monoisotopic (exact) mass is 228 g/mol. The summed E-state index contributed by atoms with van der Waals surface area (Å²) in [5.74, 6) is 0.980. The highest BCUT2D eigenvalue weighted by Gasteiger charge is 2.16. The maximum Gasteiger partial charge on any atom is 0.0590 e. The van der Waals surface area contributed by atoms with Gasteiger partial charge in [-0.2, -0.15) is 0 Å². The zero-order valence-corrected chi connectivity index (χ0v) is 11.0. The Hall–Kier alpha value is -0.120. The van der Waals surface area contributed by atoms with Gasteiger partial charge in [0.2, 0.25) is 0 Å². The second kappa shape index (κ2) is 8.97. The van der Waals surface area contributed by atoms with Crippen molar-refractivity contribution in [1.29, 1.82) is 0 Å². The molecule has 0 saturated heterocycles. The molecule has 3 nitrogen and oxygen atoms in total. The second-order valence-electron chi connectivity index (χ2n) is 5.10. The van der Waals surface area contributed by atoms with E-state index in [-0.39, 0.29) is 0 Å². The molecule has 0 aromatic rings. The Labute approximate surface area is 101 Å². The zero-order valence-electron chi connectivity index (χ0n) is 11.0.